The second kappa shape index (κ2) is 4.70. The number of benzene rings is 2. The highest BCUT2D eigenvalue weighted by Crippen LogP contribution is 2.33. The molecule has 0 saturated carbocycles. The molecule has 0 N–H and O–H groups in total. The van der Waals surface area contributed by atoms with E-state index in [1.165, 1.54) is 0 Å². The fraction of sp³-hybridized carbons (Fsp3) is 0.0714. The Kier molecular flexibility index (Phi) is 2.90. The molecule has 0 spiro atoms. The van der Waals surface area contributed by atoms with Crippen LogP contribution in [0.25, 0.3) is 0 Å². The Labute approximate surface area is 110 Å². The minimum atomic E-state index is -0.0862. The summed E-state index contributed by atoms with van der Waals surface area (Å²) < 4.78 is 0. The first-order valence-corrected chi connectivity index (χ1v) is 6.00. The first kappa shape index (κ1) is 11.1. The van der Waals surface area contributed by atoms with Crippen LogP contribution in [0.4, 0.5) is 11.4 Å². The Balaban J connectivity index is 1.82. The minimum Gasteiger partial charge on any atom is -0.258 e. The van der Waals surface area contributed by atoms with Crippen molar-refractivity contribution in [1.82, 2.24) is 0 Å². The van der Waals surface area contributed by atoms with E-state index in [2.05, 4.69) is 15.2 Å². The monoisotopic (exact) mass is 255 g/mol. The molecule has 2 aromatic carbocycles. The Morgan fingerprint density at radius 3 is 2.61 bits per heavy atom. The Morgan fingerprint density at radius 2 is 1.78 bits per heavy atom. The quantitative estimate of drug-likeness (QED) is 0.686. The van der Waals surface area contributed by atoms with Crippen LogP contribution in [0.15, 0.2) is 63.8 Å². The number of nitrogens with zero attached hydrogens (tertiary/aromatic N) is 3. The van der Waals surface area contributed by atoms with Crippen molar-refractivity contribution in [3.8, 4) is 0 Å². The van der Waals surface area contributed by atoms with E-state index in [9.17, 15) is 0 Å². The molecule has 1 aliphatic heterocycles. The van der Waals surface area contributed by atoms with Crippen molar-refractivity contribution in [3.63, 3.8) is 0 Å². The van der Waals surface area contributed by atoms with Gasteiger partial charge in [-0.15, -0.1) is 0 Å². The molecular formula is C14H10ClN3. The maximum Gasteiger partial charge on any atom is 0.133 e. The molecule has 1 heterocycles. The highest BCUT2D eigenvalue weighted by molar-refractivity contribution is 6.30. The van der Waals surface area contributed by atoms with Gasteiger partial charge in [0.25, 0.3) is 0 Å². The van der Waals surface area contributed by atoms with Crippen LogP contribution in [0.1, 0.15) is 11.6 Å². The van der Waals surface area contributed by atoms with E-state index >= 15 is 0 Å². The molecular weight excluding hydrogens is 246 g/mol. The third-order valence-corrected chi connectivity index (χ3v) is 2.99. The van der Waals surface area contributed by atoms with E-state index in [0.717, 1.165) is 16.9 Å². The topological polar surface area (TPSA) is 37.1 Å². The number of aliphatic imine (C=N–C) groups is 1. The van der Waals surface area contributed by atoms with Crippen molar-refractivity contribution in [2.24, 2.45) is 15.2 Å². The van der Waals surface area contributed by atoms with Gasteiger partial charge in [-0.25, -0.2) is 0 Å². The lowest BCUT2D eigenvalue weighted by Gasteiger charge is -2.01. The molecule has 3 nitrogen and oxygen atoms in total. The first-order chi connectivity index (χ1) is 8.83. The first-order valence-electron chi connectivity index (χ1n) is 5.62. The molecule has 1 unspecified atom stereocenters. The molecule has 0 radical (unpaired) electrons. The van der Waals surface area contributed by atoms with E-state index in [1.54, 1.807) is 12.1 Å². The highest BCUT2D eigenvalue weighted by atomic mass is 35.5. The number of para-hydroxylation sites is 1. The van der Waals surface area contributed by atoms with Gasteiger partial charge in [0.15, 0.2) is 0 Å². The normalized spacial score (nSPS) is 17.3. The van der Waals surface area contributed by atoms with Gasteiger partial charge < -0.3 is 0 Å². The molecule has 1 aliphatic rings. The maximum atomic E-state index is 5.81. The molecule has 4 heteroatoms. The van der Waals surface area contributed by atoms with Crippen molar-refractivity contribution in [2.75, 3.05) is 0 Å². The summed E-state index contributed by atoms with van der Waals surface area (Å²) in [5.41, 5.74) is 2.85. The number of rotatable bonds is 2. The fourth-order valence-corrected chi connectivity index (χ4v) is 1.94. The number of hydrogen-bond acceptors (Lipinski definition) is 3. The molecule has 0 fully saturated rings. The number of hydrogen-bond donors (Lipinski definition) is 0. The molecule has 2 aromatic rings. The van der Waals surface area contributed by atoms with Crippen LogP contribution in [0, 0.1) is 0 Å². The van der Waals surface area contributed by atoms with Crippen LogP contribution in [0.5, 0.6) is 0 Å². The van der Waals surface area contributed by atoms with Gasteiger partial charge in [-0.05, 0) is 30.3 Å². The Bertz CT molecular complexity index is 617. The van der Waals surface area contributed by atoms with E-state index in [1.807, 2.05) is 42.6 Å². The molecule has 0 aromatic heterocycles. The van der Waals surface area contributed by atoms with Gasteiger partial charge in [0.1, 0.15) is 6.04 Å². The van der Waals surface area contributed by atoms with Crippen LogP contribution in [0.3, 0.4) is 0 Å². The zero-order chi connectivity index (χ0) is 12.4. The Morgan fingerprint density at radius 1 is 1.00 bits per heavy atom. The average Bonchev–Trinajstić information content (AvgIpc) is 2.82. The summed E-state index contributed by atoms with van der Waals surface area (Å²) in [6, 6.07) is 15.1. The molecule has 0 bridgehead atoms. The van der Waals surface area contributed by atoms with E-state index < -0.39 is 0 Å². The third-order valence-electron chi connectivity index (χ3n) is 2.73. The van der Waals surface area contributed by atoms with Gasteiger partial charge in [0, 0.05) is 16.8 Å². The molecule has 1 atom stereocenters. The van der Waals surface area contributed by atoms with Crippen LogP contribution >= 0.6 is 11.6 Å². The predicted molar refractivity (Wildman–Crippen MR) is 73.3 cm³/mol. The summed E-state index contributed by atoms with van der Waals surface area (Å²) in [5, 5.41) is 9.20. The van der Waals surface area contributed by atoms with Gasteiger partial charge >= 0.3 is 0 Å². The zero-order valence-corrected chi connectivity index (χ0v) is 10.2. The van der Waals surface area contributed by atoms with Gasteiger partial charge in [0.2, 0.25) is 0 Å². The molecule has 3 rings (SSSR count). The van der Waals surface area contributed by atoms with Gasteiger partial charge in [-0.3, -0.25) is 4.99 Å². The number of fused-ring (bicyclic) bond motifs is 1. The average molecular weight is 256 g/mol. The Hall–Kier alpha value is -2.00. The summed E-state index contributed by atoms with van der Waals surface area (Å²) in [4.78, 5) is 4.31. The summed E-state index contributed by atoms with van der Waals surface area (Å²) >= 11 is 5.81. The summed E-state index contributed by atoms with van der Waals surface area (Å²) in [7, 11) is 0. The summed E-state index contributed by atoms with van der Waals surface area (Å²) in [6.45, 7) is 0. The van der Waals surface area contributed by atoms with Gasteiger partial charge in [-0.2, -0.15) is 10.2 Å². The van der Waals surface area contributed by atoms with Crippen LogP contribution in [0.2, 0.25) is 5.02 Å². The van der Waals surface area contributed by atoms with Gasteiger partial charge in [0.05, 0.1) is 11.4 Å². The minimum absolute atomic E-state index is 0.0862. The largest absolute Gasteiger partial charge is 0.258 e. The van der Waals surface area contributed by atoms with Crippen LogP contribution in [-0.4, -0.2) is 6.21 Å². The molecule has 0 saturated heterocycles. The molecule has 0 aliphatic carbocycles. The lowest BCUT2D eigenvalue weighted by molar-refractivity contribution is 0.913. The van der Waals surface area contributed by atoms with E-state index in [4.69, 9.17) is 11.6 Å². The summed E-state index contributed by atoms with van der Waals surface area (Å²) in [5.74, 6) is 0. The second-order valence-electron chi connectivity index (χ2n) is 3.97. The van der Waals surface area contributed by atoms with Crippen LogP contribution < -0.4 is 0 Å². The fourth-order valence-electron chi connectivity index (χ4n) is 1.82. The predicted octanol–water partition coefficient (Wildman–Crippen LogP) is 4.88. The lowest BCUT2D eigenvalue weighted by atomic mass is 10.1. The lowest BCUT2D eigenvalue weighted by Crippen LogP contribution is -1.89. The summed E-state index contributed by atoms with van der Waals surface area (Å²) in [6.07, 6.45) is 1.81. The smallest absolute Gasteiger partial charge is 0.133 e. The van der Waals surface area contributed by atoms with Crippen molar-refractivity contribution in [3.05, 3.63) is 59.1 Å². The van der Waals surface area contributed by atoms with E-state index in [-0.39, 0.29) is 6.04 Å². The highest BCUT2D eigenvalue weighted by Gasteiger charge is 2.16. The molecule has 0 amide bonds. The second-order valence-corrected chi connectivity index (χ2v) is 4.41. The van der Waals surface area contributed by atoms with Crippen molar-refractivity contribution < 1.29 is 0 Å². The zero-order valence-electron chi connectivity index (χ0n) is 9.49. The van der Waals surface area contributed by atoms with Crippen LogP contribution in [-0.2, 0) is 0 Å². The standard InChI is InChI=1S/C14H10ClN3/c15-10-5-7-11(8-6-10)17-18-14-9-16-13-4-2-1-3-12(13)14/h1-9,14H. The third kappa shape index (κ3) is 2.17. The molecule has 18 heavy (non-hydrogen) atoms. The van der Waals surface area contributed by atoms with Crippen molar-refractivity contribution in [2.45, 2.75) is 6.04 Å². The maximum absolute atomic E-state index is 5.81. The van der Waals surface area contributed by atoms with E-state index in [0.29, 0.717) is 5.02 Å². The SMILES string of the molecule is Clc1ccc(N=NC2C=Nc3ccccc32)cc1. The van der Waals surface area contributed by atoms with Crippen molar-refractivity contribution in [1.29, 1.82) is 0 Å². The van der Waals surface area contributed by atoms with Gasteiger partial charge in [-0.1, -0.05) is 29.8 Å². The van der Waals surface area contributed by atoms with Crippen molar-refractivity contribution >= 4 is 29.2 Å². The number of halogens is 1. The molecule has 88 valence electrons. The number of azo groups is 1.